The molecule has 1 fully saturated rings. The van der Waals surface area contributed by atoms with Crippen molar-refractivity contribution in [3.8, 4) is 0 Å². The molecule has 0 unspecified atom stereocenters. The van der Waals surface area contributed by atoms with E-state index in [-0.39, 0.29) is 0 Å². The molecule has 2 N–H and O–H groups in total. The molecule has 3 heterocycles. The number of hydrogen-bond acceptors (Lipinski definition) is 6. The molecule has 1 aliphatic heterocycles. The zero-order valence-corrected chi connectivity index (χ0v) is 17.8. The Morgan fingerprint density at radius 1 is 0.966 bits per heavy atom. The summed E-state index contributed by atoms with van der Waals surface area (Å²) in [4.78, 5) is 16.6. The first-order valence-electron chi connectivity index (χ1n) is 10.9. The molecule has 158 valence electrons. The largest absolute Gasteiger partial charge is 0.330 e. The molecule has 0 aromatic carbocycles. The van der Waals surface area contributed by atoms with Crippen LogP contribution in [0.1, 0.15) is 29.8 Å². The van der Waals surface area contributed by atoms with Crippen LogP contribution < -0.4 is 5.73 Å². The van der Waals surface area contributed by atoms with Crippen LogP contribution in [0.4, 0.5) is 0 Å². The van der Waals surface area contributed by atoms with Crippen LogP contribution in [-0.2, 0) is 13.1 Å². The van der Waals surface area contributed by atoms with Gasteiger partial charge in [0.2, 0.25) is 0 Å². The minimum Gasteiger partial charge on any atom is -0.330 e. The van der Waals surface area contributed by atoms with Crippen LogP contribution in [0.25, 0.3) is 0 Å². The van der Waals surface area contributed by atoms with Crippen molar-refractivity contribution in [2.75, 3.05) is 52.4 Å². The molecule has 0 spiro atoms. The number of aryl methyl sites for hydroxylation is 1. The van der Waals surface area contributed by atoms with Crippen molar-refractivity contribution >= 4 is 0 Å². The normalized spacial score (nSPS) is 15.8. The molecule has 0 saturated carbocycles. The minimum atomic E-state index is 0.794. The SMILES string of the molecule is Cc1cccc(CN(CCCN2CCN(CCCN)CC2)Cc2cccnc2)n1. The minimum absolute atomic E-state index is 0.794. The fourth-order valence-corrected chi connectivity index (χ4v) is 3.95. The van der Waals surface area contributed by atoms with Gasteiger partial charge in [-0.1, -0.05) is 12.1 Å². The number of nitrogens with zero attached hydrogens (tertiary/aromatic N) is 5. The Bertz CT molecular complexity index is 700. The topological polar surface area (TPSA) is 61.5 Å². The van der Waals surface area contributed by atoms with Crippen molar-refractivity contribution < 1.29 is 0 Å². The molecule has 6 nitrogen and oxygen atoms in total. The van der Waals surface area contributed by atoms with Crippen LogP contribution >= 0.6 is 0 Å². The highest BCUT2D eigenvalue weighted by molar-refractivity contribution is 5.11. The summed E-state index contributed by atoms with van der Waals surface area (Å²) in [6.45, 7) is 12.7. The summed E-state index contributed by atoms with van der Waals surface area (Å²) in [5.41, 5.74) is 9.11. The van der Waals surface area contributed by atoms with Crippen LogP contribution in [0.15, 0.2) is 42.7 Å². The fourth-order valence-electron chi connectivity index (χ4n) is 3.95. The van der Waals surface area contributed by atoms with Crippen molar-refractivity contribution in [1.29, 1.82) is 0 Å². The molecule has 0 bridgehead atoms. The van der Waals surface area contributed by atoms with Gasteiger partial charge in [0.05, 0.1) is 5.69 Å². The van der Waals surface area contributed by atoms with Gasteiger partial charge in [-0.15, -0.1) is 0 Å². The first-order valence-corrected chi connectivity index (χ1v) is 10.9. The highest BCUT2D eigenvalue weighted by Crippen LogP contribution is 2.10. The van der Waals surface area contributed by atoms with Crippen LogP contribution in [0.5, 0.6) is 0 Å². The molecular weight excluding hydrogens is 360 g/mol. The molecule has 29 heavy (non-hydrogen) atoms. The quantitative estimate of drug-likeness (QED) is 0.628. The van der Waals surface area contributed by atoms with E-state index in [1.807, 2.05) is 18.5 Å². The Labute approximate surface area is 175 Å². The predicted octanol–water partition coefficient (Wildman–Crippen LogP) is 2.14. The number of nitrogens with two attached hydrogens (primary N) is 1. The Morgan fingerprint density at radius 3 is 2.38 bits per heavy atom. The third-order valence-corrected chi connectivity index (χ3v) is 5.55. The molecule has 0 radical (unpaired) electrons. The van der Waals surface area contributed by atoms with Gasteiger partial charge in [-0.2, -0.15) is 0 Å². The molecule has 0 amide bonds. The fraction of sp³-hybridized carbons (Fsp3) is 0.565. The lowest BCUT2D eigenvalue weighted by Crippen LogP contribution is -2.47. The van der Waals surface area contributed by atoms with Gasteiger partial charge in [0.25, 0.3) is 0 Å². The van der Waals surface area contributed by atoms with Crippen molar-refractivity contribution in [1.82, 2.24) is 24.7 Å². The van der Waals surface area contributed by atoms with Crippen molar-refractivity contribution in [2.45, 2.75) is 32.9 Å². The second-order valence-electron chi connectivity index (χ2n) is 8.02. The van der Waals surface area contributed by atoms with Crippen molar-refractivity contribution in [2.24, 2.45) is 5.73 Å². The number of piperazine rings is 1. The molecular formula is C23H36N6. The smallest absolute Gasteiger partial charge is 0.0547 e. The summed E-state index contributed by atoms with van der Waals surface area (Å²) in [5.74, 6) is 0. The van der Waals surface area contributed by atoms with E-state index >= 15 is 0 Å². The predicted molar refractivity (Wildman–Crippen MR) is 118 cm³/mol. The summed E-state index contributed by atoms with van der Waals surface area (Å²) in [7, 11) is 0. The summed E-state index contributed by atoms with van der Waals surface area (Å²) in [6, 6.07) is 10.5. The Morgan fingerprint density at radius 2 is 1.72 bits per heavy atom. The molecule has 1 saturated heterocycles. The lowest BCUT2D eigenvalue weighted by molar-refractivity contribution is 0.125. The average molecular weight is 397 g/mol. The highest BCUT2D eigenvalue weighted by atomic mass is 15.3. The molecule has 3 rings (SSSR count). The Hall–Kier alpha value is -1.86. The van der Waals surface area contributed by atoms with Crippen LogP contribution in [0.2, 0.25) is 0 Å². The summed E-state index contributed by atoms with van der Waals surface area (Å²) in [5, 5.41) is 0. The number of pyridine rings is 2. The van der Waals surface area contributed by atoms with Crippen LogP contribution in [-0.4, -0.2) is 77.0 Å². The number of hydrogen-bond donors (Lipinski definition) is 1. The van der Waals surface area contributed by atoms with Gasteiger partial charge in [-0.05, 0) is 63.2 Å². The van der Waals surface area contributed by atoms with E-state index in [0.29, 0.717) is 0 Å². The van der Waals surface area contributed by atoms with Gasteiger partial charge in [-0.3, -0.25) is 14.9 Å². The van der Waals surface area contributed by atoms with E-state index in [1.54, 1.807) is 0 Å². The second kappa shape index (κ2) is 12.0. The maximum atomic E-state index is 5.64. The van der Waals surface area contributed by atoms with Gasteiger partial charge in [0.1, 0.15) is 0 Å². The molecule has 0 aliphatic carbocycles. The monoisotopic (exact) mass is 396 g/mol. The lowest BCUT2D eigenvalue weighted by Gasteiger charge is -2.35. The zero-order chi connectivity index (χ0) is 20.3. The second-order valence-corrected chi connectivity index (χ2v) is 8.02. The van der Waals surface area contributed by atoms with Crippen LogP contribution in [0, 0.1) is 6.92 Å². The summed E-state index contributed by atoms with van der Waals surface area (Å²) >= 11 is 0. The molecule has 2 aromatic rings. The average Bonchev–Trinajstić information content (AvgIpc) is 2.74. The molecule has 0 atom stereocenters. The van der Waals surface area contributed by atoms with E-state index in [2.05, 4.69) is 50.9 Å². The van der Waals surface area contributed by atoms with Crippen molar-refractivity contribution in [3.05, 3.63) is 59.7 Å². The van der Waals surface area contributed by atoms with E-state index in [4.69, 9.17) is 10.7 Å². The van der Waals surface area contributed by atoms with Gasteiger partial charge in [-0.25, -0.2) is 0 Å². The van der Waals surface area contributed by atoms with E-state index in [0.717, 1.165) is 57.1 Å². The lowest BCUT2D eigenvalue weighted by atomic mass is 10.2. The molecule has 1 aliphatic rings. The Balaban J connectivity index is 1.48. The maximum Gasteiger partial charge on any atom is 0.0547 e. The highest BCUT2D eigenvalue weighted by Gasteiger charge is 2.16. The Kier molecular flexibility index (Phi) is 9.02. The van der Waals surface area contributed by atoms with E-state index in [1.165, 1.54) is 38.2 Å². The molecule has 6 heteroatoms. The number of rotatable bonds is 11. The standard InChI is InChI=1S/C23H36N6/c1-21-6-2-8-23(26-21)20-29(19-22-7-3-10-25-18-22)13-5-12-28-16-14-27(15-17-28)11-4-9-24/h2-3,6-8,10,18H,4-5,9,11-17,19-20,24H2,1H3. The van der Waals surface area contributed by atoms with E-state index < -0.39 is 0 Å². The third-order valence-electron chi connectivity index (χ3n) is 5.55. The summed E-state index contributed by atoms with van der Waals surface area (Å²) in [6.07, 6.45) is 6.09. The number of aromatic nitrogens is 2. The first kappa shape index (κ1) is 21.8. The van der Waals surface area contributed by atoms with Gasteiger partial charge in [0, 0.05) is 63.9 Å². The first-order chi connectivity index (χ1) is 14.2. The molecule has 2 aromatic heterocycles. The maximum absolute atomic E-state index is 5.64. The van der Waals surface area contributed by atoms with Gasteiger partial charge in [0.15, 0.2) is 0 Å². The van der Waals surface area contributed by atoms with Gasteiger partial charge < -0.3 is 15.5 Å². The zero-order valence-electron chi connectivity index (χ0n) is 17.8. The van der Waals surface area contributed by atoms with Gasteiger partial charge >= 0.3 is 0 Å². The summed E-state index contributed by atoms with van der Waals surface area (Å²) < 4.78 is 0. The van der Waals surface area contributed by atoms with E-state index in [9.17, 15) is 0 Å². The van der Waals surface area contributed by atoms with Crippen LogP contribution in [0.3, 0.4) is 0 Å². The third kappa shape index (κ3) is 7.82. The van der Waals surface area contributed by atoms with Crippen molar-refractivity contribution in [3.63, 3.8) is 0 Å².